The molecule has 1 aliphatic rings. The molecular formula is C23H24N2O6. The molecule has 8 nitrogen and oxygen atoms in total. The monoisotopic (exact) mass is 424 g/mol. The van der Waals surface area contributed by atoms with Crippen molar-refractivity contribution in [3.63, 3.8) is 0 Å². The number of carbonyl (C=O) groups excluding carboxylic acids is 2. The lowest BCUT2D eigenvalue weighted by atomic mass is 9.98. The zero-order valence-corrected chi connectivity index (χ0v) is 16.8. The molecule has 1 aliphatic carbocycles. The molecule has 0 heterocycles. The summed E-state index contributed by atoms with van der Waals surface area (Å²) < 4.78 is 5.39. The van der Waals surface area contributed by atoms with E-state index in [1.807, 2.05) is 36.4 Å². The predicted molar refractivity (Wildman–Crippen MR) is 113 cm³/mol. The number of carboxylic acids is 1. The molecule has 2 aromatic carbocycles. The molecule has 0 saturated heterocycles. The van der Waals surface area contributed by atoms with Crippen molar-refractivity contribution in [3.8, 4) is 11.1 Å². The molecule has 162 valence electrons. The fourth-order valence-corrected chi connectivity index (χ4v) is 3.47. The van der Waals surface area contributed by atoms with E-state index in [0.29, 0.717) is 0 Å². The van der Waals surface area contributed by atoms with Gasteiger partial charge in [-0.25, -0.2) is 9.59 Å². The van der Waals surface area contributed by atoms with Crippen LogP contribution in [0.15, 0.2) is 60.7 Å². The van der Waals surface area contributed by atoms with E-state index in [2.05, 4.69) is 22.8 Å². The van der Waals surface area contributed by atoms with E-state index in [0.717, 1.165) is 22.3 Å². The van der Waals surface area contributed by atoms with Gasteiger partial charge in [0.2, 0.25) is 5.91 Å². The number of ether oxygens (including phenoxy) is 1. The summed E-state index contributed by atoms with van der Waals surface area (Å²) in [6.07, 6.45) is 0.477. The van der Waals surface area contributed by atoms with Crippen LogP contribution in [-0.4, -0.2) is 54.0 Å². The molecule has 3 rings (SSSR count). The Bertz CT molecular complexity index is 942. The number of hydrogen-bond donors (Lipinski definition) is 4. The van der Waals surface area contributed by atoms with E-state index < -0.39 is 24.1 Å². The van der Waals surface area contributed by atoms with Crippen molar-refractivity contribution in [2.24, 2.45) is 0 Å². The van der Waals surface area contributed by atoms with Gasteiger partial charge in [0.1, 0.15) is 6.61 Å². The Labute approximate surface area is 179 Å². The SMILES string of the molecule is O=C(/C=C/CNC(=O)OCC1c2ccccc2-c2ccccc21)NCC[C@H](O)C(=O)O. The Morgan fingerprint density at radius 1 is 1.00 bits per heavy atom. The summed E-state index contributed by atoms with van der Waals surface area (Å²) in [5.74, 6) is -1.82. The summed E-state index contributed by atoms with van der Waals surface area (Å²) >= 11 is 0. The molecule has 0 unspecified atom stereocenters. The molecule has 0 bridgehead atoms. The van der Waals surface area contributed by atoms with Gasteiger partial charge < -0.3 is 25.6 Å². The summed E-state index contributed by atoms with van der Waals surface area (Å²) in [6.45, 7) is 0.328. The first-order valence-electron chi connectivity index (χ1n) is 9.91. The van der Waals surface area contributed by atoms with E-state index in [9.17, 15) is 14.4 Å². The number of fused-ring (bicyclic) bond motifs is 3. The van der Waals surface area contributed by atoms with E-state index in [4.69, 9.17) is 14.9 Å². The molecule has 0 spiro atoms. The van der Waals surface area contributed by atoms with Crippen LogP contribution in [0, 0.1) is 0 Å². The van der Waals surface area contributed by atoms with Gasteiger partial charge in [0.25, 0.3) is 0 Å². The van der Waals surface area contributed by atoms with E-state index >= 15 is 0 Å². The van der Waals surface area contributed by atoms with Crippen molar-refractivity contribution in [1.29, 1.82) is 0 Å². The average Bonchev–Trinajstić information content (AvgIpc) is 3.09. The highest BCUT2D eigenvalue weighted by molar-refractivity contribution is 5.87. The van der Waals surface area contributed by atoms with Crippen molar-refractivity contribution < 1.29 is 29.3 Å². The standard InChI is InChI=1S/C23H24N2O6/c26-20(22(28)29)11-13-24-21(27)10-5-12-25-23(30)31-14-19-17-8-3-1-6-15(17)16-7-2-4-9-18(16)19/h1-10,19-20,26H,11-14H2,(H,24,27)(H,25,30)(H,28,29)/b10-5+/t20-/m0/s1. The normalized spacial score (nSPS) is 13.3. The summed E-state index contributed by atoms with van der Waals surface area (Å²) in [4.78, 5) is 34.1. The number of nitrogens with one attached hydrogen (secondary N) is 2. The maximum absolute atomic E-state index is 12.0. The molecular weight excluding hydrogens is 400 g/mol. The van der Waals surface area contributed by atoms with Crippen molar-refractivity contribution >= 4 is 18.0 Å². The number of carboxylic acid groups (broad SMARTS) is 1. The highest BCUT2D eigenvalue weighted by Crippen LogP contribution is 2.44. The van der Waals surface area contributed by atoms with Crippen molar-refractivity contribution in [3.05, 3.63) is 71.8 Å². The number of benzene rings is 2. The van der Waals surface area contributed by atoms with E-state index in [1.165, 1.54) is 12.2 Å². The number of aliphatic hydroxyl groups is 1. The number of aliphatic hydroxyl groups excluding tert-OH is 1. The quantitative estimate of drug-likeness (QED) is 0.457. The van der Waals surface area contributed by atoms with Gasteiger partial charge in [-0.05, 0) is 22.3 Å². The van der Waals surface area contributed by atoms with Crippen molar-refractivity contribution in [2.45, 2.75) is 18.4 Å². The number of alkyl carbamates (subject to hydrolysis) is 1. The molecule has 4 N–H and O–H groups in total. The highest BCUT2D eigenvalue weighted by Gasteiger charge is 2.28. The van der Waals surface area contributed by atoms with Gasteiger partial charge in [-0.15, -0.1) is 0 Å². The molecule has 0 aromatic heterocycles. The second kappa shape index (κ2) is 10.4. The number of amides is 2. The van der Waals surface area contributed by atoms with E-state index in [-0.39, 0.29) is 32.0 Å². The first-order valence-corrected chi connectivity index (χ1v) is 9.91. The van der Waals surface area contributed by atoms with Gasteiger partial charge in [0.05, 0.1) is 0 Å². The molecule has 0 aliphatic heterocycles. The minimum absolute atomic E-state index is 0.0243. The van der Waals surface area contributed by atoms with Gasteiger partial charge in [0.15, 0.2) is 6.10 Å². The minimum atomic E-state index is -1.51. The van der Waals surface area contributed by atoms with Crippen LogP contribution in [-0.2, 0) is 14.3 Å². The molecule has 0 saturated carbocycles. The zero-order valence-electron chi connectivity index (χ0n) is 16.8. The first-order chi connectivity index (χ1) is 15.0. The van der Waals surface area contributed by atoms with Crippen molar-refractivity contribution in [1.82, 2.24) is 10.6 Å². The third-order valence-electron chi connectivity index (χ3n) is 4.98. The van der Waals surface area contributed by atoms with Gasteiger partial charge in [-0.1, -0.05) is 54.6 Å². The second-order valence-electron chi connectivity index (χ2n) is 7.04. The largest absolute Gasteiger partial charge is 0.479 e. The second-order valence-corrected chi connectivity index (χ2v) is 7.04. The molecule has 31 heavy (non-hydrogen) atoms. The van der Waals surface area contributed by atoms with Crippen LogP contribution in [0.4, 0.5) is 4.79 Å². The number of rotatable bonds is 9. The lowest BCUT2D eigenvalue weighted by Gasteiger charge is -2.14. The third-order valence-corrected chi connectivity index (χ3v) is 4.98. The minimum Gasteiger partial charge on any atom is -0.479 e. The van der Waals surface area contributed by atoms with Crippen LogP contribution in [0.3, 0.4) is 0 Å². The van der Waals surface area contributed by atoms with Crippen LogP contribution in [0.2, 0.25) is 0 Å². The van der Waals surface area contributed by atoms with Gasteiger partial charge in [0, 0.05) is 31.5 Å². The topological polar surface area (TPSA) is 125 Å². The van der Waals surface area contributed by atoms with Gasteiger partial charge in [-0.3, -0.25) is 4.79 Å². The maximum atomic E-state index is 12.0. The van der Waals surface area contributed by atoms with Crippen molar-refractivity contribution in [2.75, 3.05) is 19.7 Å². The van der Waals surface area contributed by atoms with Crippen LogP contribution in [0.1, 0.15) is 23.5 Å². The Kier molecular flexibility index (Phi) is 7.40. The van der Waals surface area contributed by atoms with Gasteiger partial charge >= 0.3 is 12.1 Å². The number of hydrogen-bond acceptors (Lipinski definition) is 5. The molecule has 8 heteroatoms. The third kappa shape index (κ3) is 5.70. The summed E-state index contributed by atoms with van der Waals surface area (Å²) in [5.41, 5.74) is 4.55. The van der Waals surface area contributed by atoms with Crippen LogP contribution >= 0.6 is 0 Å². The number of carbonyl (C=O) groups is 3. The molecule has 2 aromatic rings. The Balaban J connectivity index is 1.42. The van der Waals surface area contributed by atoms with Gasteiger partial charge in [-0.2, -0.15) is 0 Å². The molecule has 0 fully saturated rings. The Morgan fingerprint density at radius 2 is 1.61 bits per heavy atom. The van der Waals surface area contributed by atoms with Crippen LogP contribution in [0.5, 0.6) is 0 Å². The molecule has 1 atom stereocenters. The zero-order chi connectivity index (χ0) is 22.2. The summed E-state index contributed by atoms with van der Waals surface area (Å²) in [5, 5.41) is 22.7. The first kappa shape index (κ1) is 22.0. The van der Waals surface area contributed by atoms with E-state index in [1.54, 1.807) is 0 Å². The molecule has 0 radical (unpaired) electrons. The van der Waals surface area contributed by atoms with Crippen LogP contribution in [0.25, 0.3) is 11.1 Å². The Morgan fingerprint density at radius 3 is 2.23 bits per heavy atom. The average molecular weight is 424 g/mol. The summed E-state index contributed by atoms with van der Waals surface area (Å²) in [7, 11) is 0. The lowest BCUT2D eigenvalue weighted by molar-refractivity contribution is -0.147. The summed E-state index contributed by atoms with van der Waals surface area (Å²) in [6, 6.07) is 16.1. The lowest BCUT2D eigenvalue weighted by Crippen LogP contribution is -2.29. The fraction of sp³-hybridized carbons (Fsp3) is 0.261. The fourth-order valence-electron chi connectivity index (χ4n) is 3.47. The highest BCUT2D eigenvalue weighted by atomic mass is 16.5. The number of aliphatic carboxylic acids is 1. The molecule has 2 amide bonds. The Hall–Kier alpha value is -3.65. The predicted octanol–water partition coefficient (Wildman–Crippen LogP) is 2.03. The maximum Gasteiger partial charge on any atom is 0.407 e. The smallest absolute Gasteiger partial charge is 0.407 e. The van der Waals surface area contributed by atoms with Crippen LogP contribution < -0.4 is 10.6 Å².